The number of nitro benzene ring substituents is 2. The minimum absolute atomic E-state index is 0.137. The van der Waals surface area contributed by atoms with Crippen molar-refractivity contribution in [3.05, 3.63) is 68.3 Å². The second-order valence-electron chi connectivity index (χ2n) is 7.97. The molecule has 0 fully saturated rings. The minimum atomic E-state index is -0.687. The average Bonchev–Trinajstić information content (AvgIpc) is 2.91. The van der Waals surface area contributed by atoms with Crippen molar-refractivity contribution in [2.24, 2.45) is 0 Å². The Morgan fingerprint density at radius 1 is 0.789 bits per heavy atom. The number of non-ortho nitro benzene ring substituents is 1. The Labute approximate surface area is 220 Å². The molecule has 2 N–H and O–H groups in total. The first-order chi connectivity index (χ1) is 18.4. The van der Waals surface area contributed by atoms with Crippen LogP contribution in [0.2, 0.25) is 0 Å². The van der Waals surface area contributed by atoms with E-state index in [0.717, 1.165) is 31.1 Å². The second kappa shape index (κ2) is 17.6. The molecule has 0 atom stereocenters. The SMILES string of the molecule is CCCCNc1ccc(C(=O)OCCOCCOCCOCCNc2ccc([N+](=O)[O-])cc2[N+](=O)[O-])cc1. The molecular weight excluding hydrogens is 500 g/mol. The van der Waals surface area contributed by atoms with E-state index < -0.39 is 15.8 Å². The molecule has 0 amide bonds. The highest BCUT2D eigenvalue weighted by Gasteiger charge is 2.19. The number of carbonyl (C=O) groups is 1. The van der Waals surface area contributed by atoms with Gasteiger partial charge >= 0.3 is 5.97 Å². The van der Waals surface area contributed by atoms with Crippen LogP contribution in [0.3, 0.4) is 0 Å². The van der Waals surface area contributed by atoms with Gasteiger partial charge in [-0.3, -0.25) is 20.2 Å². The molecule has 0 radical (unpaired) electrons. The van der Waals surface area contributed by atoms with Gasteiger partial charge in [-0.05, 0) is 36.8 Å². The van der Waals surface area contributed by atoms with E-state index in [1.807, 2.05) is 12.1 Å². The Bertz CT molecular complexity index is 1020. The predicted octanol–water partition coefficient (Wildman–Crippen LogP) is 4.03. The lowest BCUT2D eigenvalue weighted by atomic mass is 10.2. The van der Waals surface area contributed by atoms with Crippen LogP contribution in [0.25, 0.3) is 0 Å². The molecule has 0 saturated carbocycles. The van der Waals surface area contributed by atoms with Gasteiger partial charge in [-0.25, -0.2) is 4.79 Å². The van der Waals surface area contributed by atoms with Gasteiger partial charge < -0.3 is 29.6 Å². The molecule has 0 heterocycles. The fraction of sp³-hybridized carbons (Fsp3) is 0.480. The third kappa shape index (κ3) is 11.5. The number of carbonyl (C=O) groups excluding carboxylic acids is 1. The minimum Gasteiger partial charge on any atom is -0.460 e. The van der Waals surface area contributed by atoms with Gasteiger partial charge in [0.15, 0.2) is 0 Å². The van der Waals surface area contributed by atoms with E-state index in [4.69, 9.17) is 18.9 Å². The predicted molar refractivity (Wildman–Crippen MR) is 141 cm³/mol. The van der Waals surface area contributed by atoms with Gasteiger partial charge in [0.2, 0.25) is 0 Å². The van der Waals surface area contributed by atoms with Crippen LogP contribution in [-0.2, 0) is 18.9 Å². The summed E-state index contributed by atoms with van der Waals surface area (Å²) >= 11 is 0. The van der Waals surface area contributed by atoms with Crippen molar-refractivity contribution in [3.63, 3.8) is 0 Å². The monoisotopic (exact) mass is 534 g/mol. The van der Waals surface area contributed by atoms with Gasteiger partial charge in [0.05, 0.1) is 61.1 Å². The molecule has 13 nitrogen and oxygen atoms in total. The molecule has 2 aromatic carbocycles. The smallest absolute Gasteiger partial charge is 0.338 e. The van der Waals surface area contributed by atoms with Crippen LogP contribution in [-0.4, -0.2) is 75.2 Å². The van der Waals surface area contributed by atoms with Gasteiger partial charge in [0.1, 0.15) is 12.3 Å². The molecular formula is C25H34N4O9. The maximum atomic E-state index is 12.1. The van der Waals surface area contributed by atoms with Crippen molar-refractivity contribution >= 4 is 28.7 Å². The molecule has 0 saturated heterocycles. The van der Waals surface area contributed by atoms with Crippen molar-refractivity contribution < 1.29 is 33.6 Å². The Balaban J connectivity index is 1.46. The largest absolute Gasteiger partial charge is 0.460 e. The van der Waals surface area contributed by atoms with Crippen LogP contribution in [0.5, 0.6) is 0 Å². The van der Waals surface area contributed by atoms with Crippen LogP contribution in [0.15, 0.2) is 42.5 Å². The van der Waals surface area contributed by atoms with Crippen molar-refractivity contribution in [2.45, 2.75) is 19.8 Å². The number of nitro groups is 2. The van der Waals surface area contributed by atoms with Crippen molar-refractivity contribution in [1.29, 1.82) is 0 Å². The van der Waals surface area contributed by atoms with Gasteiger partial charge in [-0.1, -0.05) is 13.3 Å². The Hall–Kier alpha value is -3.81. The van der Waals surface area contributed by atoms with Gasteiger partial charge in [-0.2, -0.15) is 0 Å². The van der Waals surface area contributed by atoms with E-state index in [9.17, 15) is 25.0 Å². The zero-order valence-electron chi connectivity index (χ0n) is 21.4. The zero-order chi connectivity index (χ0) is 27.6. The van der Waals surface area contributed by atoms with Gasteiger partial charge in [0.25, 0.3) is 11.4 Å². The highest BCUT2D eigenvalue weighted by molar-refractivity contribution is 5.89. The molecule has 2 aromatic rings. The van der Waals surface area contributed by atoms with E-state index >= 15 is 0 Å². The summed E-state index contributed by atoms with van der Waals surface area (Å²) in [7, 11) is 0. The summed E-state index contributed by atoms with van der Waals surface area (Å²) in [5.41, 5.74) is 0.902. The van der Waals surface area contributed by atoms with Crippen molar-refractivity contribution in [2.75, 3.05) is 70.0 Å². The summed E-state index contributed by atoms with van der Waals surface area (Å²) in [5, 5.41) is 28.0. The molecule has 38 heavy (non-hydrogen) atoms. The molecule has 0 aliphatic carbocycles. The van der Waals surface area contributed by atoms with Crippen molar-refractivity contribution in [3.8, 4) is 0 Å². The Kier molecular flexibility index (Phi) is 14.1. The molecule has 2 rings (SSSR count). The van der Waals surface area contributed by atoms with Crippen LogP contribution >= 0.6 is 0 Å². The average molecular weight is 535 g/mol. The molecule has 208 valence electrons. The summed E-state index contributed by atoms with van der Waals surface area (Å²) < 4.78 is 21.4. The van der Waals surface area contributed by atoms with E-state index in [2.05, 4.69) is 17.6 Å². The number of unbranched alkanes of at least 4 members (excludes halogenated alkanes) is 1. The van der Waals surface area contributed by atoms with Crippen LogP contribution < -0.4 is 10.6 Å². The van der Waals surface area contributed by atoms with Crippen LogP contribution in [0.4, 0.5) is 22.7 Å². The highest BCUT2D eigenvalue weighted by Crippen LogP contribution is 2.28. The number of rotatable bonds is 20. The first-order valence-corrected chi connectivity index (χ1v) is 12.3. The second-order valence-corrected chi connectivity index (χ2v) is 7.97. The van der Waals surface area contributed by atoms with Gasteiger partial charge in [0, 0.05) is 24.8 Å². The molecule has 0 unspecified atom stereocenters. The number of ether oxygens (including phenoxy) is 4. The van der Waals surface area contributed by atoms with Gasteiger partial charge in [-0.15, -0.1) is 0 Å². The Morgan fingerprint density at radius 2 is 1.42 bits per heavy atom. The molecule has 0 aromatic heterocycles. The van der Waals surface area contributed by atoms with Crippen molar-refractivity contribution in [1.82, 2.24) is 0 Å². The van der Waals surface area contributed by atoms with Crippen LogP contribution in [0.1, 0.15) is 30.1 Å². The number of hydrogen-bond acceptors (Lipinski definition) is 11. The summed E-state index contributed by atoms with van der Waals surface area (Å²) in [6, 6.07) is 10.6. The first kappa shape index (κ1) is 30.4. The van der Waals surface area contributed by atoms with E-state index in [0.29, 0.717) is 32.0 Å². The number of nitrogens with one attached hydrogen (secondary N) is 2. The van der Waals surface area contributed by atoms with E-state index in [-0.39, 0.29) is 43.4 Å². The van der Waals surface area contributed by atoms with E-state index in [1.165, 1.54) is 12.1 Å². The molecule has 13 heteroatoms. The maximum absolute atomic E-state index is 12.1. The third-order valence-corrected chi connectivity index (χ3v) is 5.14. The number of hydrogen-bond donors (Lipinski definition) is 2. The Morgan fingerprint density at radius 3 is 2.03 bits per heavy atom. The molecule has 0 aliphatic heterocycles. The number of nitrogens with zero attached hydrogens (tertiary/aromatic N) is 2. The lowest BCUT2D eigenvalue weighted by Gasteiger charge is -2.09. The fourth-order valence-electron chi connectivity index (χ4n) is 3.14. The highest BCUT2D eigenvalue weighted by atomic mass is 16.6. The summed E-state index contributed by atoms with van der Waals surface area (Å²) in [6.07, 6.45) is 2.20. The lowest BCUT2D eigenvalue weighted by molar-refractivity contribution is -0.393. The van der Waals surface area contributed by atoms with E-state index in [1.54, 1.807) is 12.1 Å². The third-order valence-electron chi connectivity index (χ3n) is 5.14. The molecule has 0 aliphatic rings. The fourth-order valence-corrected chi connectivity index (χ4v) is 3.14. The topological polar surface area (TPSA) is 164 Å². The molecule has 0 bridgehead atoms. The first-order valence-electron chi connectivity index (χ1n) is 12.3. The number of esters is 1. The summed E-state index contributed by atoms with van der Waals surface area (Å²) in [6.45, 7) is 5.28. The lowest BCUT2D eigenvalue weighted by Crippen LogP contribution is -2.15. The standard InChI is InChI=1S/C25H34N4O9/c1-2-3-10-26-21-6-4-20(5-7-21)25(30)38-18-17-37-16-15-36-14-13-35-12-11-27-23-9-8-22(28(31)32)19-24(23)29(33)34/h4-9,19,26-27H,2-3,10-18H2,1H3. The zero-order valence-corrected chi connectivity index (χ0v) is 21.4. The molecule has 0 spiro atoms. The quantitative estimate of drug-likeness (QED) is 0.109. The number of anilines is 2. The normalized spacial score (nSPS) is 10.7. The van der Waals surface area contributed by atoms with Crippen LogP contribution in [0, 0.1) is 20.2 Å². The number of benzene rings is 2. The summed E-state index contributed by atoms with van der Waals surface area (Å²) in [4.78, 5) is 32.6. The summed E-state index contributed by atoms with van der Waals surface area (Å²) in [5.74, 6) is -0.403. The maximum Gasteiger partial charge on any atom is 0.338 e.